The number of carbonyl (C=O) groups excluding carboxylic acids is 2. The summed E-state index contributed by atoms with van der Waals surface area (Å²) >= 11 is 0.883. The second kappa shape index (κ2) is 7.23. The number of hydrogen-bond donors (Lipinski definition) is 1. The summed E-state index contributed by atoms with van der Waals surface area (Å²) in [6, 6.07) is 15.2. The van der Waals surface area contributed by atoms with E-state index >= 15 is 0 Å². The van der Waals surface area contributed by atoms with Gasteiger partial charge in [0.05, 0.1) is 12.0 Å². The molecule has 0 spiro atoms. The Morgan fingerprint density at radius 3 is 2.54 bits per heavy atom. The van der Waals surface area contributed by atoms with Crippen LogP contribution in [-0.2, 0) is 11.4 Å². The van der Waals surface area contributed by atoms with Gasteiger partial charge in [-0.15, -0.1) is 0 Å². The Hall–Kier alpha value is -2.73. The fourth-order valence-electron chi connectivity index (χ4n) is 2.20. The first kappa shape index (κ1) is 16.1. The normalized spacial score (nSPS) is 15.5. The van der Waals surface area contributed by atoms with E-state index in [0.717, 1.165) is 22.9 Å². The van der Waals surface area contributed by atoms with Crippen molar-refractivity contribution < 1.29 is 19.1 Å². The van der Waals surface area contributed by atoms with Crippen LogP contribution in [0.15, 0.2) is 53.4 Å². The summed E-state index contributed by atoms with van der Waals surface area (Å²) in [4.78, 5) is 23.2. The molecule has 2 aromatic carbocycles. The number of imide groups is 1. The van der Waals surface area contributed by atoms with Crippen molar-refractivity contribution in [3.8, 4) is 11.5 Å². The topological polar surface area (TPSA) is 64.6 Å². The van der Waals surface area contributed by atoms with E-state index in [2.05, 4.69) is 5.32 Å². The number of carbonyl (C=O) groups is 2. The lowest BCUT2D eigenvalue weighted by atomic mass is 10.2. The average Bonchev–Trinajstić information content (AvgIpc) is 2.91. The van der Waals surface area contributed by atoms with Crippen molar-refractivity contribution in [1.29, 1.82) is 0 Å². The minimum Gasteiger partial charge on any atom is -0.493 e. The van der Waals surface area contributed by atoms with Crippen LogP contribution in [0.4, 0.5) is 4.79 Å². The van der Waals surface area contributed by atoms with Crippen molar-refractivity contribution in [1.82, 2.24) is 5.32 Å². The molecule has 2 amide bonds. The molecule has 0 unspecified atom stereocenters. The van der Waals surface area contributed by atoms with E-state index in [0.29, 0.717) is 23.0 Å². The first-order valence-corrected chi connectivity index (χ1v) is 8.07. The van der Waals surface area contributed by atoms with Crippen LogP contribution in [0, 0.1) is 0 Å². The molecule has 6 heteroatoms. The molecule has 122 valence electrons. The van der Waals surface area contributed by atoms with Gasteiger partial charge in [-0.25, -0.2) is 0 Å². The second-order valence-corrected chi connectivity index (χ2v) is 6.05. The molecular formula is C18H15NO4S. The molecule has 1 saturated heterocycles. The third-order valence-corrected chi connectivity index (χ3v) is 4.18. The molecule has 0 saturated carbocycles. The second-order valence-electron chi connectivity index (χ2n) is 5.04. The van der Waals surface area contributed by atoms with Gasteiger partial charge in [0, 0.05) is 0 Å². The van der Waals surface area contributed by atoms with E-state index in [9.17, 15) is 9.59 Å². The molecule has 0 bridgehead atoms. The smallest absolute Gasteiger partial charge is 0.290 e. The van der Waals surface area contributed by atoms with Gasteiger partial charge >= 0.3 is 0 Å². The fourth-order valence-corrected chi connectivity index (χ4v) is 2.88. The lowest BCUT2D eigenvalue weighted by Gasteiger charge is -2.11. The predicted molar refractivity (Wildman–Crippen MR) is 92.9 cm³/mol. The average molecular weight is 341 g/mol. The Labute approximate surface area is 143 Å². The van der Waals surface area contributed by atoms with Gasteiger partial charge in [0.25, 0.3) is 11.1 Å². The number of amides is 2. The molecule has 3 rings (SSSR count). The van der Waals surface area contributed by atoms with Crippen molar-refractivity contribution in [3.05, 3.63) is 64.6 Å². The first-order valence-electron chi connectivity index (χ1n) is 7.25. The summed E-state index contributed by atoms with van der Waals surface area (Å²) in [7, 11) is 1.56. The molecule has 0 atom stereocenters. The molecule has 1 N–H and O–H groups in total. The maximum atomic E-state index is 11.6. The lowest BCUT2D eigenvalue weighted by molar-refractivity contribution is -0.115. The van der Waals surface area contributed by atoms with Crippen molar-refractivity contribution in [2.75, 3.05) is 7.11 Å². The Morgan fingerprint density at radius 1 is 1.08 bits per heavy atom. The monoisotopic (exact) mass is 341 g/mol. The SMILES string of the molecule is COc1cc(/C=C2/SC(=O)NC2=O)ccc1OCc1ccccc1. The van der Waals surface area contributed by atoms with Gasteiger partial charge in [-0.3, -0.25) is 14.9 Å². The highest BCUT2D eigenvalue weighted by Crippen LogP contribution is 2.31. The molecular weight excluding hydrogens is 326 g/mol. The van der Waals surface area contributed by atoms with Crippen LogP contribution in [0.1, 0.15) is 11.1 Å². The summed E-state index contributed by atoms with van der Waals surface area (Å²) in [5.41, 5.74) is 1.81. The van der Waals surface area contributed by atoms with Gasteiger partial charge in [0.2, 0.25) is 0 Å². The Balaban J connectivity index is 1.77. The number of hydrogen-bond acceptors (Lipinski definition) is 5. The van der Waals surface area contributed by atoms with Crippen LogP contribution in [0.2, 0.25) is 0 Å². The molecule has 1 fully saturated rings. The highest BCUT2D eigenvalue weighted by molar-refractivity contribution is 8.18. The van der Waals surface area contributed by atoms with Crippen LogP contribution in [0.5, 0.6) is 11.5 Å². The van der Waals surface area contributed by atoms with E-state index in [4.69, 9.17) is 9.47 Å². The van der Waals surface area contributed by atoms with Crippen LogP contribution >= 0.6 is 11.8 Å². The standard InChI is InChI=1S/C18H15NO4S/c1-22-15-9-13(10-16-17(20)19-18(21)24-16)7-8-14(15)23-11-12-5-3-2-4-6-12/h2-10H,11H2,1H3,(H,19,20,21)/b16-10+. The van der Waals surface area contributed by atoms with E-state index in [1.165, 1.54) is 0 Å². The van der Waals surface area contributed by atoms with Gasteiger partial charge < -0.3 is 9.47 Å². The third kappa shape index (κ3) is 3.78. The van der Waals surface area contributed by atoms with Gasteiger partial charge in [-0.1, -0.05) is 36.4 Å². The van der Waals surface area contributed by atoms with E-state index in [1.54, 1.807) is 25.3 Å². The molecule has 0 aromatic heterocycles. The predicted octanol–water partition coefficient (Wildman–Crippen LogP) is 3.60. The van der Waals surface area contributed by atoms with E-state index in [1.807, 2.05) is 36.4 Å². The van der Waals surface area contributed by atoms with Crippen LogP contribution < -0.4 is 14.8 Å². The fraction of sp³-hybridized carbons (Fsp3) is 0.111. The molecule has 5 nitrogen and oxygen atoms in total. The van der Waals surface area contributed by atoms with Gasteiger partial charge in [0.15, 0.2) is 11.5 Å². The third-order valence-electron chi connectivity index (χ3n) is 3.36. The summed E-state index contributed by atoms with van der Waals surface area (Å²) in [6.07, 6.45) is 1.65. The minimum absolute atomic E-state index is 0.360. The molecule has 1 aliphatic heterocycles. The zero-order chi connectivity index (χ0) is 16.9. The van der Waals surface area contributed by atoms with Crippen LogP contribution in [-0.4, -0.2) is 18.3 Å². The zero-order valence-corrected chi connectivity index (χ0v) is 13.8. The number of benzene rings is 2. The highest BCUT2D eigenvalue weighted by Gasteiger charge is 2.25. The minimum atomic E-state index is -0.381. The van der Waals surface area contributed by atoms with Crippen molar-refractivity contribution in [3.63, 3.8) is 0 Å². The van der Waals surface area contributed by atoms with Crippen molar-refractivity contribution >= 4 is 29.0 Å². The molecule has 1 aliphatic rings. The number of nitrogens with one attached hydrogen (secondary N) is 1. The highest BCUT2D eigenvalue weighted by atomic mass is 32.2. The molecule has 24 heavy (non-hydrogen) atoms. The maximum Gasteiger partial charge on any atom is 0.290 e. The summed E-state index contributed by atoms with van der Waals surface area (Å²) in [5, 5.41) is 1.87. The van der Waals surface area contributed by atoms with Crippen molar-refractivity contribution in [2.45, 2.75) is 6.61 Å². The number of thioether (sulfide) groups is 1. The first-order chi connectivity index (χ1) is 11.7. The maximum absolute atomic E-state index is 11.6. The quantitative estimate of drug-likeness (QED) is 0.842. The van der Waals surface area contributed by atoms with E-state index < -0.39 is 0 Å². The summed E-state index contributed by atoms with van der Waals surface area (Å²) < 4.78 is 11.2. The number of rotatable bonds is 5. The number of ether oxygens (including phenoxy) is 2. The Bertz CT molecular complexity index is 802. The van der Waals surface area contributed by atoms with Crippen LogP contribution in [0.3, 0.4) is 0 Å². The largest absolute Gasteiger partial charge is 0.493 e. The molecule has 0 aliphatic carbocycles. The van der Waals surface area contributed by atoms with Crippen molar-refractivity contribution in [2.24, 2.45) is 0 Å². The molecule has 2 aromatic rings. The Morgan fingerprint density at radius 2 is 1.88 bits per heavy atom. The lowest BCUT2D eigenvalue weighted by Crippen LogP contribution is -2.17. The van der Waals surface area contributed by atoms with Gasteiger partial charge in [0.1, 0.15) is 6.61 Å². The zero-order valence-electron chi connectivity index (χ0n) is 12.9. The molecule has 0 radical (unpaired) electrons. The van der Waals surface area contributed by atoms with E-state index in [-0.39, 0.29) is 11.1 Å². The summed E-state index contributed by atoms with van der Waals surface area (Å²) in [6.45, 7) is 0.435. The molecule has 1 heterocycles. The van der Waals surface area contributed by atoms with Gasteiger partial charge in [-0.05, 0) is 41.1 Å². The Kier molecular flexibility index (Phi) is 4.86. The van der Waals surface area contributed by atoms with Crippen LogP contribution in [0.25, 0.3) is 6.08 Å². The van der Waals surface area contributed by atoms with Gasteiger partial charge in [-0.2, -0.15) is 0 Å². The summed E-state index contributed by atoms with van der Waals surface area (Å²) in [5.74, 6) is 0.798. The number of methoxy groups -OCH3 is 1.